The molecule has 1 spiro atoms. The average Bonchev–Trinajstić information content (AvgIpc) is 2.12. The fourth-order valence-electron chi connectivity index (χ4n) is 1.75. The van der Waals surface area contributed by atoms with Gasteiger partial charge in [0.25, 0.3) is 0 Å². The van der Waals surface area contributed by atoms with E-state index in [0.717, 1.165) is 0 Å². The maximum atomic E-state index is 3.55. The molecule has 0 amide bonds. The second-order valence-corrected chi connectivity index (χ2v) is 4.45. The molecule has 3 heteroatoms. The van der Waals surface area contributed by atoms with Crippen molar-refractivity contribution in [2.24, 2.45) is 0 Å². The van der Waals surface area contributed by atoms with Crippen LogP contribution in [0.25, 0.3) is 0 Å². The molecule has 52 valence electrons. The van der Waals surface area contributed by atoms with Gasteiger partial charge in [-0.1, -0.05) is 0 Å². The first kappa shape index (κ1) is 6.37. The minimum atomic E-state index is 0.557. The quantitative estimate of drug-likeness (QED) is 0.495. The highest BCUT2D eigenvalue weighted by atomic mass is 127. The molecular weight excluding hydrogens is 227 g/mol. The standard InChI is InChI=1S/C6H11IN2/c7-9-4-6(5-9)2-1-3-8-6/h8H,1-5H2. The Balaban J connectivity index is 1.95. The Morgan fingerprint density at radius 3 is 2.67 bits per heavy atom. The highest BCUT2D eigenvalue weighted by molar-refractivity contribution is 14.1. The van der Waals surface area contributed by atoms with Gasteiger partial charge < -0.3 is 5.32 Å². The maximum Gasteiger partial charge on any atom is 0.0454 e. The third kappa shape index (κ3) is 0.991. The Morgan fingerprint density at radius 1 is 1.44 bits per heavy atom. The summed E-state index contributed by atoms with van der Waals surface area (Å²) in [6, 6.07) is 0. The fourth-order valence-corrected chi connectivity index (χ4v) is 3.06. The number of nitrogens with one attached hydrogen (secondary N) is 1. The Hall–Kier alpha value is 0.650. The van der Waals surface area contributed by atoms with Crippen LogP contribution in [0.3, 0.4) is 0 Å². The number of nitrogens with zero attached hydrogens (tertiary/aromatic N) is 1. The van der Waals surface area contributed by atoms with E-state index in [1.54, 1.807) is 0 Å². The van der Waals surface area contributed by atoms with Crippen molar-refractivity contribution in [3.63, 3.8) is 0 Å². The van der Waals surface area contributed by atoms with Crippen LogP contribution in [0.5, 0.6) is 0 Å². The van der Waals surface area contributed by atoms with E-state index in [2.05, 4.69) is 31.3 Å². The number of rotatable bonds is 0. The van der Waals surface area contributed by atoms with Crippen molar-refractivity contribution in [3.05, 3.63) is 0 Å². The second kappa shape index (κ2) is 2.07. The van der Waals surface area contributed by atoms with Gasteiger partial charge in [0.2, 0.25) is 0 Å². The molecule has 2 fully saturated rings. The summed E-state index contributed by atoms with van der Waals surface area (Å²) in [5, 5.41) is 3.55. The van der Waals surface area contributed by atoms with Crippen LogP contribution in [-0.4, -0.2) is 28.3 Å². The molecule has 2 nitrogen and oxygen atoms in total. The van der Waals surface area contributed by atoms with Gasteiger partial charge in [0.1, 0.15) is 0 Å². The predicted octanol–water partition coefficient (Wildman–Crippen LogP) is 0.774. The maximum absolute atomic E-state index is 3.55. The summed E-state index contributed by atoms with van der Waals surface area (Å²) in [5.74, 6) is 0. The summed E-state index contributed by atoms with van der Waals surface area (Å²) in [6.07, 6.45) is 2.77. The molecule has 2 heterocycles. The van der Waals surface area contributed by atoms with Crippen molar-refractivity contribution in [3.8, 4) is 0 Å². The van der Waals surface area contributed by atoms with Gasteiger partial charge in [-0.2, -0.15) is 0 Å². The Labute approximate surface area is 69.5 Å². The molecule has 0 aromatic carbocycles. The van der Waals surface area contributed by atoms with Gasteiger partial charge in [-0.05, 0) is 19.4 Å². The normalized spacial score (nSPS) is 33.0. The van der Waals surface area contributed by atoms with E-state index >= 15 is 0 Å². The molecule has 2 rings (SSSR count). The zero-order valence-corrected chi connectivity index (χ0v) is 7.52. The first-order valence-corrected chi connectivity index (χ1v) is 4.43. The van der Waals surface area contributed by atoms with E-state index in [4.69, 9.17) is 0 Å². The van der Waals surface area contributed by atoms with Crippen LogP contribution in [0.15, 0.2) is 0 Å². The highest BCUT2D eigenvalue weighted by Crippen LogP contribution is 2.31. The van der Waals surface area contributed by atoms with Crippen molar-refractivity contribution >= 4 is 22.9 Å². The Morgan fingerprint density at radius 2 is 2.22 bits per heavy atom. The van der Waals surface area contributed by atoms with E-state index in [1.807, 2.05) is 0 Å². The van der Waals surface area contributed by atoms with Crippen molar-refractivity contribution in [2.45, 2.75) is 18.4 Å². The monoisotopic (exact) mass is 238 g/mol. The molecule has 9 heavy (non-hydrogen) atoms. The molecule has 1 N–H and O–H groups in total. The van der Waals surface area contributed by atoms with Gasteiger partial charge in [0, 0.05) is 41.5 Å². The molecule has 0 radical (unpaired) electrons. The predicted molar refractivity (Wildman–Crippen MR) is 45.6 cm³/mol. The van der Waals surface area contributed by atoms with E-state index in [9.17, 15) is 0 Å². The molecule has 0 aromatic rings. The molecule has 0 unspecified atom stereocenters. The zero-order chi connectivity index (χ0) is 6.32. The summed E-state index contributed by atoms with van der Waals surface area (Å²) >= 11 is 2.39. The van der Waals surface area contributed by atoms with Gasteiger partial charge in [0.05, 0.1) is 0 Å². The minimum absolute atomic E-state index is 0.557. The van der Waals surface area contributed by atoms with Crippen LogP contribution in [0.4, 0.5) is 0 Å². The first-order chi connectivity index (χ1) is 4.31. The van der Waals surface area contributed by atoms with E-state index < -0.39 is 0 Å². The molecule has 0 saturated carbocycles. The summed E-state index contributed by atoms with van der Waals surface area (Å²) in [4.78, 5) is 0. The highest BCUT2D eigenvalue weighted by Gasteiger charge is 2.43. The van der Waals surface area contributed by atoms with Crippen molar-refractivity contribution < 1.29 is 0 Å². The number of halogens is 1. The molecule has 2 saturated heterocycles. The molecule has 2 aliphatic heterocycles. The van der Waals surface area contributed by atoms with Crippen LogP contribution < -0.4 is 5.32 Å². The topological polar surface area (TPSA) is 15.3 Å². The fraction of sp³-hybridized carbons (Fsp3) is 1.00. The molecular formula is C6H11IN2. The smallest absolute Gasteiger partial charge is 0.0454 e. The third-order valence-electron chi connectivity index (χ3n) is 2.28. The third-order valence-corrected chi connectivity index (χ3v) is 2.96. The van der Waals surface area contributed by atoms with Gasteiger partial charge in [-0.25, -0.2) is 3.11 Å². The minimum Gasteiger partial charge on any atom is -0.309 e. The van der Waals surface area contributed by atoms with Crippen LogP contribution in [0, 0.1) is 0 Å². The van der Waals surface area contributed by atoms with Crippen molar-refractivity contribution in [2.75, 3.05) is 19.6 Å². The molecule has 0 aliphatic carbocycles. The van der Waals surface area contributed by atoms with Crippen LogP contribution >= 0.6 is 22.9 Å². The lowest BCUT2D eigenvalue weighted by atomic mass is 9.91. The lowest BCUT2D eigenvalue weighted by Gasteiger charge is -2.44. The average molecular weight is 238 g/mol. The summed E-state index contributed by atoms with van der Waals surface area (Å²) in [5.41, 5.74) is 0.557. The van der Waals surface area contributed by atoms with Crippen LogP contribution in [0.1, 0.15) is 12.8 Å². The molecule has 0 bridgehead atoms. The van der Waals surface area contributed by atoms with E-state index in [-0.39, 0.29) is 0 Å². The summed E-state index contributed by atoms with van der Waals surface area (Å²) in [6.45, 7) is 3.76. The Bertz CT molecular complexity index is 112. The summed E-state index contributed by atoms with van der Waals surface area (Å²) < 4.78 is 2.34. The molecule has 0 atom stereocenters. The van der Waals surface area contributed by atoms with Crippen LogP contribution in [0.2, 0.25) is 0 Å². The molecule has 0 aromatic heterocycles. The number of hydrogen-bond acceptors (Lipinski definition) is 2. The number of hydrogen-bond donors (Lipinski definition) is 1. The zero-order valence-electron chi connectivity index (χ0n) is 5.36. The second-order valence-electron chi connectivity index (χ2n) is 3.09. The van der Waals surface area contributed by atoms with E-state index in [0.29, 0.717) is 5.54 Å². The SMILES string of the molecule is IN1CC2(CCCN2)C1. The largest absolute Gasteiger partial charge is 0.309 e. The summed E-state index contributed by atoms with van der Waals surface area (Å²) in [7, 11) is 0. The van der Waals surface area contributed by atoms with E-state index in [1.165, 1.54) is 32.5 Å². The lowest BCUT2D eigenvalue weighted by molar-refractivity contribution is 0.167. The molecule has 2 aliphatic rings. The van der Waals surface area contributed by atoms with Gasteiger partial charge >= 0.3 is 0 Å². The van der Waals surface area contributed by atoms with Crippen molar-refractivity contribution in [1.82, 2.24) is 8.43 Å². The Kier molecular flexibility index (Phi) is 1.46. The van der Waals surface area contributed by atoms with Crippen molar-refractivity contribution in [1.29, 1.82) is 0 Å². The van der Waals surface area contributed by atoms with Gasteiger partial charge in [-0.3, -0.25) is 0 Å². The van der Waals surface area contributed by atoms with Gasteiger partial charge in [-0.15, -0.1) is 0 Å². The van der Waals surface area contributed by atoms with Gasteiger partial charge in [0.15, 0.2) is 0 Å². The first-order valence-electron chi connectivity index (χ1n) is 3.47. The van der Waals surface area contributed by atoms with Crippen LogP contribution in [-0.2, 0) is 0 Å². The lowest BCUT2D eigenvalue weighted by Crippen LogP contribution is -2.63.